The van der Waals surface area contributed by atoms with Crippen LogP contribution in [-0.2, 0) is 9.53 Å². The Hall–Kier alpha value is -2.95. The van der Waals surface area contributed by atoms with Crippen molar-refractivity contribution in [1.82, 2.24) is 4.98 Å². The van der Waals surface area contributed by atoms with E-state index in [1.165, 1.54) is 18.1 Å². The first kappa shape index (κ1) is 13.1. The summed E-state index contributed by atoms with van der Waals surface area (Å²) in [6, 6.07) is 10.8. The number of esters is 1. The second kappa shape index (κ2) is 5.20. The zero-order valence-corrected chi connectivity index (χ0v) is 11.3. The number of carbonyl (C=O) groups is 2. The fourth-order valence-corrected chi connectivity index (χ4v) is 2.28. The Balaban J connectivity index is 2.18. The summed E-state index contributed by atoms with van der Waals surface area (Å²) < 4.78 is 4.67. The normalized spacial score (nSPS) is 15.2. The van der Waals surface area contributed by atoms with Gasteiger partial charge in [-0.15, -0.1) is 0 Å². The number of ether oxygens (including phenoxy) is 1. The number of fused-ring (bicyclic) bond motifs is 1. The van der Waals surface area contributed by atoms with Gasteiger partial charge in [-0.05, 0) is 18.2 Å². The summed E-state index contributed by atoms with van der Waals surface area (Å²) in [5.41, 5.74) is 2.30. The summed E-state index contributed by atoms with van der Waals surface area (Å²) in [6.07, 6.45) is 4.43. The summed E-state index contributed by atoms with van der Waals surface area (Å²) in [6.45, 7) is 0. The van der Waals surface area contributed by atoms with Gasteiger partial charge in [0.1, 0.15) is 0 Å². The third kappa shape index (κ3) is 2.18. The zero-order valence-electron chi connectivity index (χ0n) is 11.3. The average molecular weight is 280 g/mol. The van der Waals surface area contributed by atoms with Crippen LogP contribution in [0.4, 0.5) is 5.69 Å². The number of aromatic nitrogens is 1. The average Bonchev–Trinajstić information content (AvgIpc) is 2.81. The summed E-state index contributed by atoms with van der Waals surface area (Å²) in [4.78, 5) is 29.7. The standard InChI is InChI=1S/C16H12N2O3/c1-21-15(19)9-14-13-10-17-8-7-12(13)16(20)18(14)11-5-3-2-4-6-11/h2-10H,1H3/b14-9+. The van der Waals surface area contributed by atoms with Crippen LogP contribution in [0.15, 0.2) is 54.9 Å². The Morgan fingerprint density at radius 1 is 1.19 bits per heavy atom. The largest absolute Gasteiger partial charge is 0.466 e. The van der Waals surface area contributed by atoms with Gasteiger partial charge in [0, 0.05) is 29.7 Å². The predicted octanol–water partition coefficient (Wildman–Crippen LogP) is 2.26. The number of amides is 1. The van der Waals surface area contributed by atoms with Gasteiger partial charge in [0.15, 0.2) is 0 Å². The molecule has 0 fully saturated rings. The van der Waals surface area contributed by atoms with Crippen molar-refractivity contribution in [3.05, 3.63) is 66.0 Å². The number of methoxy groups -OCH3 is 1. The molecular weight excluding hydrogens is 268 g/mol. The topological polar surface area (TPSA) is 59.5 Å². The highest BCUT2D eigenvalue weighted by Gasteiger charge is 2.34. The lowest BCUT2D eigenvalue weighted by molar-refractivity contribution is -0.134. The van der Waals surface area contributed by atoms with E-state index in [9.17, 15) is 9.59 Å². The van der Waals surface area contributed by atoms with Gasteiger partial charge in [-0.1, -0.05) is 18.2 Å². The lowest BCUT2D eigenvalue weighted by atomic mass is 10.1. The van der Waals surface area contributed by atoms with Crippen LogP contribution in [0, 0.1) is 0 Å². The van der Waals surface area contributed by atoms with E-state index in [0.29, 0.717) is 22.5 Å². The van der Waals surface area contributed by atoms with Gasteiger partial charge >= 0.3 is 5.97 Å². The molecule has 3 rings (SSSR count). The molecule has 0 saturated carbocycles. The Bertz CT molecular complexity index is 738. The SMILES string of the molecule is COC(=O)/C=C1\c2cnccc2C(=O)N1c1ccccc1. The summed E-state index contributed by atoms with van der Waals surface area (Å²) in [5, 5.41) is 0. The van der Waals surface area contributed by atoms with Crippen molar-refractivity contribution in [2.24, 2.45) is 0 Å². The lowest BCUT2D eigenvalue weighted by Crippen LogP contribution is -2.22. The molecule has 104 valence electrons. The Kier molecular flexibility index (Phi) is 3.23. The van der Waals surface area contributed by atoms with Crippen molar-refractivity contribution in [2.45, 2.75) is 0 Å². The summed E-state index contributed by atoms with van der Waals surface area (Å²) >= 11 is 0. The quantitative estimate of drug-likeness (QED) is 0.625. The molecular formula is C16H12N2O3. The minimum absolute atomic E-state index is 0.186. The van der Waals surface area contributed by atoms with Crippen LogP contribution < -0.4 is 4.90 Å². The molecule has 1 aliphatic rings. The molecule has 2 aromatic rings. The number of pyridine rings is 1. The van der Waals surface area contributed by atoms with E-state index in [4.69, 9.17) is 0 Å². The van der Waals surface area contributed by atoms with Gasteiger partial charge in [0.25, 0.3) is 5.91 Å². The molecule has 1 aromatic heterocycles. The molecule has 21 heavy (non-hydrogen) atoms. The third-order valence-corrected chi connectivity index (χ3v) is 3.24. The number of hydrogen-bond acceptors (Lipinski definition) is 4. The van der Waals surface area contributed by atoms with Crippen molar-refractivity contribution in [3.8, 4) is 0 Å². The van der Waals surface area contributed by atoms with Crippen LogP contribution in [0.25, 0.3) is 5.70 Å². The first-order valence-electron chi connectivity index (χ1n) is 6.36. The maximum Gasteiger partial charge on any atom is 0.332 e. The molecule has 0 unspecified atom stereocenters. The van der Waals surface area contributed by atoms with E-state index in [2.05, 4.69) is 9.72 Å². The lowest BCUT2D eigenvalue weighted by Gasteiger charge is -2.18. The molecule has 5 nitrogen and oxygen atoms in total. The molecule has 1 amide bonds. The number of anilines is 1. The molecule has 0 aliphatic carbocycles. The van der Waals surface area contributed by atoms with Crippen LogP contribution in [0.3, 0.4) is 0 Å². The van der Waals surface area contributed by atoms with Crippen molar-refractivity contribution < 1.29 is 14.3 Å². The Morgan fingerprint density at radius 3 is 2.67 bits per heavy atom. The van der Waals surface area contributed by atoms with Crippen molar-refractivity contribution in [1.29, 1.82) is 0 Å². The van der Waals surface area contributed by atoms with Crippen molar-refractivity contribution in [3.63, 3.8) is 0 Å². The highest BCUT2D eigenvalue weighted by atomic mass is 16.5. The van der Waals surface area contributed by atoms with E-state index in [1.54, 1.807) is 18.5 Å². The van der Waals surface area contributed by atoms with Gasteiger partial charge in [-0.25, -0.2) is 4.79 Å². The Morgan fingerprint density at radius 2 is 1.95 bits per heavy atom. The highest BCUT2D eigenvalue weighted by molar-refractivity contribution is 6.23. The molecule has 2 heterocycles. The molecule has 0 bridgehead atoms. The number of benzene rings is 1. The minimum atomic E-state index is -0.518. The maximum atomic E-state index is 12.6. The molecule has 0 spiro atoms. The van der Waals surface area contributed by atoms with Gasteiger partial charge in [-0.3, -0.25) is 14.7 Å². The summed E-state index contributed by atoms with van der Waals surface area (Å²) in [5.74, 6) is -0.704. The number of hydrogen-bond donors (Lipinski definition) is 0. The monoisotopic (exact) mass is 280 g/mol. The van der Waals surface area contributed by atoms with Crippen molar-refractivity contribution in [2.75, 3.05) is 12.0 Å². The first-order valence-corrected chi connectivity index (χ1v) is 6.36. The van der Waals surface area contributed by atoms with E-state index in [1.807, 2.05) is 30.3 Å². The van der Waals surface area contributed by atoms with E-state index < -0.39 is 5.97 Å². The molecule has 0 saturated heterocycles. The Labute approximate surface area is 121 Å². The second-order valence-electron chi connectivity index (χ2n) is 4.45. The first-order chi connectivity index (χ1) is 10.2. The van der Waals surface area contributed by atoms with Crippen LogP contribution in [0.1, 0.15) is 15.9 Å². The van der Waals surface area contributed by atoms with Gasteiger partial charge in [-0.2, -0.15) is 0 Å². The number of para-hydroxylation sites is 1. The number of rotatable bonds is 2. The van der Waals surface area contributed by atoms with Crippen LogP contribution >= 0.6 is 0 Å². The van der Waals surface area contributed by atoms with Crippen LogP contribution in [0.2, 0.25) is 0 Å². The third-order valence-electron chi connectivity index (χ3n) is 3.24. The minimum Gasteiger partial charge on any atom is -0.466 e. The van der Waals surface area contributed by atoms with Gasteiger partial charge in [0.2, 0.25) is 0 Å². The zero-order chi connectivity index (χ0) is 14.8. The van der Waals surface area contributed by atoms with Crippen LogP contribution in [-0.4, -0.2) is 24.0 Å². The molecule has 5 heteroatoms. The number of nitrogens with zero attached hydrogens (tertiary/aromatic N) is 2. The van der Waals surface area contributed by atoms with E-state index in [0.717, 1.165) is 0 Å². The fourth-order valence-electron chi connectivity index (χ4n) is 2.28. The summed E-state index contributed by atoms with van der Waals surface area (Å²) in [7, 11) is 1.30. The number of carbonyl (C=O) groups excluding carboxylic acids is 2. The van der Waals surface area contributed by atoms with E-state index in [-0.39, 0.29) is 5.91 Å². The molecule has 0 radical (unpaired) electrons. The van der Waals surface area contributed by atoms with Crippen molar-refractivity contribution >= 4 is 23.3 Å². The van der Waals surface area contributed by atoms with Gasteiger partial charge in [0.05, 0.1) is 18.4 Å². The second-order valence-corrected chi connectivity index (χ2v) is 4.45. The fraction of sp³-hybridized carbons (Fsp3) is 0.0625. The van der Waals surface area contributed by atoms with Crippen LogP contribution in [0.5, 0.6) is 0 Å². The molecule has 0 atom stereocenters. The highest BCUT2D eigenvalue weighted by Crippen LogP contribution is 2.36. The predicted molar refractivity (Wildman–Crippen MR) is 77.5 cm³/mol. The molecule has 1 aromatic carbocycles. The van der Waals surface area contributed by atoms with E-state index >= 15 is 0 Å². The maximum absolute atomic E-state index is 12.6. The smallest absolute Gasteiger partial charge is 0.332 e. The molecule has 1 aliphatic heterocycles. The van der Waals surface area contributed by atoms with Gasteiger partial charge < -0.3 is 4.74 Å². The molecule has 0 N–H and O–H groups in total.